The Labute approximate surface area is 192 Å². The normalized spacial score (nSPS) is 11.1. The van der Waals surface area contributed by atoms with Crippen molar-refractivity contribution in [3.8, 4) is 17.2 Å². The topological polar surface area (TPSA) is 115 Å². The molecule has 0 radical (unpaired) electrons. The summed E-state index contributed by atoms with van der Waals surface area (Å²) in [6.45, 7) is 1.02. The lowest BCUT2D eigenvalue weighted by atomic mass is 10.1. The quantitative estimate of drug-likeness (QED) is 0.519. The number of rotatable bonds is 10. The number of carbonyl (C=O) groups excluding carboxylic acids is 3. The van der Waals surface area contributed by atoms with Gasteiger partial charge < -0.3 is 34.5 Å². The van der Waals surface area contributed by atoms with Crippen LogP contribution < -0.4 is 29.7 Å². The van der Waals surface area contributed by atoms with Crippen molar-refractivity contribution in [3.05, 3.63) is 42.0 Å². The predicted molar refractivity (Wildman–Crippen MR) is 123 cm³/mol. The molecule has 0 aliphatic heterocycles. The van der Waals surface area contributed by atoms with Gasteiger partial charge in [-0.1, -0.05) is 0 Å². The summed E-state index contributed by atoms with van der Waals surface area (Å²) < 4.78 is 20.8. The van der Waals surface area contributed by atoms with E-state index in [9.17, 15) is 14.4 Å². The van der Waals surface area contributed by atoms with Crippen molar-refractivity contribution in [2.75, 3.05) is 52.2 Å². The van der Waals surface area contributed by atoms with E-state index in [-0.39, 0.29) is 5.56 Å². The zero-order valence-electron chi connectivity index (χ0n) is 19.6. The highest BCUT2D eigenvalue weighted by Gasteiger charge is 2.20. The minimum atomic E-state index is -1.05. The van der Waals surface area contributed by atoms with E-state index in [1.165, 1.54) is 40.4 Å². The van der Waals surface area contributed by atoms with E-state index in [1.54, 1.807) is 12.1 Å². The van der Waals surface area contributed by atoms with E-state index in [0.717, 1.165) is 5.69 Å². The van der Waals surface area contributed by atoms with Crippen molar-refractivity contribution < 1.29 is 33.3 Å². The summed E-state index contributed by atoms with van der Waals surface area (Å²) in [6, 6.07) is 10.1. The fourth-order valence-corrected chi connectivity index (χ4v) is 2.85. The Morgan fingerprint density at radius 2 is 1.52 bits per heavy atom. The highest BCUT2D eigenvalue weighted by molar-refractivity contribution is 5.98. The molecule has 0 aliphatic carbocycles. The van der Waals surface area contributed by atoms with Gasteiger partial charge in [-0.05, 0) is 43.3 Å². The van der Waals surface area contributed by atoms with Crippen LogP contribution >= 0.6 is 0 Å². The van der Waals surface area contributed by atoms with Crippen LogP contribution in [0.25, 0.3) is 0 Å². The zero-order chi connectivity index (χ0) is 24.5. The molecule has 0 heterocycles. The molecule has 10 heteroatoms. The molecule has 2 amide bonds. The van der Waals surface area contributed by atoms with E-state index in [2.05, 4.69) is 10.6 Å². The molecular weight excluding hydrogens is 430 g/mol. The maximum atomic E-state index is 12.5. The van der Waals surface area contributed by atoms with Crippen LogP contribution in [0.1, 0.15) is 17.3 Å². The van der Waals surface area contributed by atoms with Crippen molar-refractivity contribution >= 4 is 29.2 Å². The Balaban J connectivity index is 1.91. The maximum absolute atomic E-state index is 12.5. The van der Waals surface area contributed by atoms with Gasteiger partial charge >= 0.3 is 5.97 Å². The number of anilines is 2. The summed E-state index contributed by atoms with van der Waals surface area (Å²) in [5, 5.41) is 5.13. The summed E-state index contributed by atoms with van der Waals surface area (Å²) in [5.41, 5.74) is 1.75. The van der Waals surface area contributed by atoms with E-state index >= 15 is 0 Å². The monoisotopic (exact) mass is 459 g/mol. The first-order valence-electron chi connectivity index (χ1n) is 10.1. The molecule has 2 N–H and O–H groups in total. The van der Waals surface area contributed by atoms with Gasteiger partial charge in [0.15, 0.2) is 17.6 Å². The third kappa shape index (κ3) is 6.76. The highest BCUT2D eigenvalue weighted by Crippen LogP contribution is 2.38. The van der Waals surface area contributed by atoms with Crippen molar-refractivity contribution in [1.29, 1.82) is 0 Å². The molecule has 0 aliphatic rings. The Morgan fingerprint density at radius 3 is 2.00 bits per heavy atom. The van der Waals surface area contributed by atoms with Crippen molar-refractivity contribution in [2.24, 2.45) is 0 Å². The summed E-state index contributed by atoms with van der Waals surface area (Å²) in [4.78, 5) is 38.8. The Kier molecular flexibility index (Phi) is 8.90. The maximum Gasteiger partial charge on any atom is 0.326 e. The molecule has 0 fully saturated rings. The zero-order valence-corrected chi connectivity index (χ0v) is 19.6. The Morgan fingerprint density at radius 1 is 0.939 bits per heavy atom. The molecule has 33 heavy (non-hydrogen) atoms. The molecule has 10 nitrogen and oxygen atoms in total. The van der Waals surface area contributed by atoms with E-state index in [0.29, 0.717) is 22.9 Å². The van der Waals surface area contributed by atoms with Gasteiger partial charge in [0, 0.05) is 31.0 Å². The fraction of sp³-hybridized carbons (Fsp3) is 0.348. The average molecular weight is 459 g/mol. The second-order valence-corrected chi connectivity index (χ2v) is 7.16. The first-order valence-corrected chi connectivity index (χ1v) is 10.1. The molecule has 2 aromatic carbocycles. The van der Waals surface area contributed by atoms with Gasteiger partial charge in [-0.15, -0.1) is 0 Å². The van der Waals surface area contributed by atoms with Crippen molar-refractivity contribution in [1.82, 2.24) is 5.32 Å². The summed E-state index contributed by atoms with van der Waals surface area (Å²) in [7, 11) is 8.14. The Bertz CT molecular complexity index is 965. The Hall–Kier alpha value is -3.95. The molecule has 2 rings (SSSR count). The molecule has 0 spiro atoms. The highest BCUT2D eigenvalue weighted by atomic mass is 16.5. The molecule has 178 valence electrons. The fourth-order valence-electron chi connectivity index (χ4n) is 2.85. The average Bonchev–Trinajstić information content (AvgIpc) is 2.81. The lowest BCUT2D eigenvalue weighted by molar-refractivity contribution is -0.152. The molecule has 0 saturated carbocycles. The van der Waals surface area contributed by atoms with Crippen LogP contribution in [0.15, 0.2) is 36.4 Å². The van der Waals surface area contributed by atoms with Crippen LogP contribution in [-0.2, 0) is 14.3 Å². The number of hydrogen-bond donors (Lipinski definition) is 2. The van der Waals surface area contributed by atoms with Gasteiger partial charge in [0.2, 0.25) is 5.75 Å². The largest absolute Gasteiger partial charge is 0.493 e. The number of nitrogens with one attached hydrogen (secondary N) is 2. The van der Waals surface area contributed by atoms with Crippen molar-refractivity contribution in [2.45, 2.75) is 13.0 Å². The van der Waals surface area contributed by atoms with Gasteiger partial charge in [0.25, 0.3) is 11.8 Å². The number of benzene rings is 2. The first kappa shape index (κ1) is 25.3. The van der Waals surface area contributed by atoms with Crippen molar-refractivity contribution in [3.63, 3.8) is 0 Å². The number of carbonyl (C=O) groups is 3. The minimum Gasteiger partial charge on any atom is -0.493 e. The van der Waals surface area contributed by atoms with Gasteiger partial charge in [-0.2, -0.15) is 0 Å². The first-order chi connectivity index (χ1) is 15.7. The number of nitrogens with zero attached hydrogens (tertiary/aromatic N) is 1. The number of ether oxygens (including phenoxy) is 4. The molecule has 0 bridgehead atoms. The number of amides is 2. The predicted octanol–water partition coefficient (Wildman–Crippen LogP) is 2.08. The van der Waals surface area contributed by atoms with E-state index in [1.807, 2.05) is 31.1 Å². The standard InChI is InChI=1S/C23H29N3O7/c1-14(22(28)25-16-7-9-17(10-8-16)26(2)3)33-20(27)13-24-23(29)15-11-18(30-4)21(32-6)19(12-15)31-5/h7-12,14H,13H2,1-6H3,(H,24,29)(H,25,28). The van der Waals surface area contributed by atoms with Gasteiger partial charge in [0.1, 0.15) is 6.54 Å². The third-order valence-electron chi connectivity index (χ3n) is 4.65. The van der Waals surface area contributed by atoms with Crippen LogP contribution in [0.4, 0.5) is 11.4 Å². The second kappa shape index (κ2) is 11.6. The van der Waals surface area contributed by atoms with E-state index in [4.69, 9.17) is 18.9 Å². The molecule has 1 unspecified atom stereocenters. The van der Waals surface area contributed by atoms with Gasteiger partial charge in [0.05, 0.1) is 21.3 Å². The number of methoxy groups -OCH3 is 3. The van der Waals surface area contributed by atoms with Gasteiger partial charge in [-0.25, -0.2) is 0 Å². The van der Waals surface area contributed by atoms with E-state index < -0.39 is 30.4 Å². The number of esters is 1. The smallest absolute Gasteiger partial charge is 0.326 e. The second-order valence-electron chi connectivity index (χ2n) is 7.16. The lowest BCUT2D eigenvalue weighted by Crippen LogP contribution is -2.35. The molecule has 0 saturated heterocycles. The van der Waals surface area contributed by atoms with Crippen LogP contribution in [0.2, 0.25) is 0 Å². The van der Waals surface area contributed by atoms with Crippen LogP contribution in [0.5, 0.6) is 17.2 Å². The van der Waals surface area contributed by atoms with Gasteiger partial charge in [-0.3, -0.25) is 14.4 Å². The lowest BCUT2D eigenvalue weighted by Gasteiger charge is -2.16. The third-order valence-corrected chi connectivity index (χ3v) is 4.65. The van der Waals surface area contributed by atoms with Crippen LogP contribution in [0.3, 0.4) is 0 Å². The molecule has 2 aromatic rings. The summed E-state index contributed by atoms with van der Waals surface area (Å²) >= 11 is 0. The number of hydrogen-bond acceptors (Lipinski definition) is 8. The minimum absolute atomic E-state index is 0.198. The summed E-state index contributed by atoms with van der Waals surface area (Å²) in [6.07, 6.45) is -1.05. The SMILES string of the molecule is COc1cc(C(=O)NCC(=O)OC(C)C(=O)Nc2ccc(N(C)C)cc2)cc(OC)c1OC. The van der Waals surface area contributed by atoms with Crippen LogP contribution in [0, 0.1) is 0 Å². The molecule has 0 aromatic heterocycles. The summed E-state index contributed by atoms with van der Waals surface area (Å²) in [5.74, 6) is -0.864. The molecule has 1 atom stereocenters. The molecular formula is C23H29N3O7. The van der Waals surface area contributed by atoms with Crippen LogP contribution in [-0.4, -0.2) is 65.9 Å².